The second-order valence-electron chi connectivity index (χ2n) is 5.45. The molecular formula is C16H24N2O4. The van der Waals surface area contributed by atoms with Crippen LogP contribution in [0.25, 0.3) is 0 Å². The number of urea groups is 1. The smallest absolute Gasteiger partial charge is 0.317 e. The first-order valence-electron chi connectivity index (χ1n) is 7.37. The maximum Gasteiger partial charge on any atom is 0.317 e. The van der Waals surface area contributed by atoms with Crippen LogP contribution in [0.4, 0.5) is 4.79 Å². The third-order valence-electron chi connectivity index (χ3n) is 3.79. The van der Waals surface area contributed by atoms with E-state index in [1.807, 2.05) is 19.1 Å². The Kier molecular flexibility index (Phi) is 5.49. The molecule has 1 atom stereocenters. The van der Waals surface area contributed by atoms with E-state index in [2.05, 4.69) is 5.32 Å². The maximum atomic E-state index is 12.3. The lowest BCUT2D eigenvalue weighted by molar-refractivity contribution is 0.157. The minimum absolute atomic E-state index is 0.00991. The molecule has 0 unspecified atom stereocenters. The highest BCUT2D eigenvalue weighted by Gasteiger charge is 2.23. The van der Waals surface area contributed by atoms with Crippen molar-refractivity contribution in [1.82, 2.24) is 10.2 Å². The Bertz CT molecular complexity index is 533. The van der Waals surface area contributed by atoms with Crippen molar-refractivity contribution in [3.8, 4) is 11.5 Å². The standard InChI is InChI=1S/C16H24N2O4/c1-11(10-20-2)17-16(19)18-6-5-12-7-14(21-3)15(22-4)8-13(12)9-18/h7-8,11H,5-6,9-10H2,1-4H3,(H,17,19)/t11-/m0/s1. The number of rotatable bonds is 5. The Hall–Kier alpha value is -1.95. The highest BCUT2D eigenvalue weighted by molar-refractivity contribution is 5.75. The van der Waals surface area contributed by atoms with E-state index in [1.165, 1.54) is 5.56 Å². The van der Waals surface area contributed by atoms with E-state index in [4.69, 9.17) is 14.2 Å². The number of fused-ring (bicyclic) bond motifs is 1. The SMILES string of the molecule is COC[C@H](C)NC(=O)N1CCc2cc(OC)c(OC)cc2C1. The molecule has 6 nitrogen and oxygen atoms in total. The normalized spacial score (nSPS) is 15.0. The Morgan fingerprint density at radius 2 is 1.86 bits per heavy atom. The van der Waals surface area contributed by atoms with E-state index in [0.29, 0.717) is 25.4 Å². The molecule has 122 valence electrons. The lowest BCUT2D eigenvalue weighted by Gasteiger charge is -2.30. The van der Waals surface area contributed by atoms with E-state index < -0.39 is 0 Å². The Labute approximate surface area is 131 Å². The van der Waals surface area contributed by atoms with Gasteiger partial charge in [-0.2, -0.15) is 0 Å². The fourth-order valence-electron chi connectivity index (χ4n) is 2.65. The molecule has 0 saturated carbocycles. The molecular weight excluding hydrogens is 284 g/mol. The molecule has 1 heterocycles. The van der Waals surface area contributed by atoms with Crippen molar-refractivity contribution in [2.75, 3.05) is 34.5 Å². The fraction of sp³-hybridized carbons (Fsp3) is 0.562. The Morgan fingerprint density at radius 3 is 2.45 bits per heavy atom. The summed E-state index contributed by atoms with van der Waals surface area (Å²) < 4.78 is 15.7. The van der Waals surface area contributed by atoms with Crippen LogP contribution in [0.1, 0.15) is 18.1 Å². The summed E-state index contributed by atoms with van der Waals surface area (Å²) in [6, 6.07) is 3.87. The molecule has 2 amide bonds. The first kappa shape index (κ1) is 16.4. The van der Waals surface area contributed by atoms with Crippen molar-refractivity contribution in [2.24, 2.45) is 0 Å². The molecule has 0 radical (unpaired) electrons. The Balaban J connectivity index is 2.09. The van der Waals surface area contributed by atoms with Gasteiger partial charge in [0.25, 0.3) is 0 Å². The quantitative estimate of drug-likeness (QED) is 0.901. The number of carbonyl (C=O) groups is 1. The molecule has 1 aliphatic rings. The van der Waals surface area contributed by atoms with Gasteiger partial charge in [-0.05, 0) is 36.6 Å². The molecule has 6 heteroatoms. The van der Waals surface area contributed by atoms with Crippen LogP contribution in [0.5, 0.6) is 11.5 Å². The van der Waals surface area contributed by atoms with Crippen molar-refractivity contribution in [3.63, 3.8) is 0 Å². The molecule has 2 rings (SSSR count). The molecule has 1 N–H and O–H groups in total. The molecule has 0 saturated heterocycles. The minimum atomic E-state index is -0.0648. The van der Waals surface area contributed by atoms with Crippen molar-refractivity contribution in [3.05, 3.63) is 23.3 Å². The summed E-state index contributed by atoms with van der Waals surface area (Å²) in [4.78, 5) is 14.1. The summed E-state index contributed by atoms with van der Waals surface area (Å²) in [5, 5.41) is 2.94. The molecule has 1 aromatic rings. The number of amides is 2. The van der Waals surface area contributed by atoms with Crippen LogP contribution in [-0.2, 0) is 17.7 Å². The summed E-state index contributed by atoms with van der Waals surface area (Å²) in [7, 11) is 4.87. The summed E-state index contributed by atoms with van der Waals surface area (Å²) in [6.45, 7) is 3.68. The fourth-order valence-corrected chi connectivity index (χ4v) is 2.65. The zero-order valence-corrected chi connectivity index (χ0v) is 13.6. The summed E-state index contributed by atoms with van der Waals surface area (Å²) in [5.41, 5.74) is 2.30. The number of hydrogen-bond acceptors (Lipinski definition) is 4. The topological polar surface area (TPSA) is 60.0 Å². The van der Waals surface area contributed by atoms with E-state index >= 15 is 0 Å². The predicted octanol–water partition coefficient (Wildman–Crippen LogP) is 1.81. The van der Waals surface area contributed by atoms with Crippen LogP contribution in [0, 0.1) is 0 Å². The van der Waals surface area contributed by atoms with Crippen LogP contribution in [0.15, 0.2) is 12.1 Å². The second kappa shape index (κ2) is 7.35. The van der Waals surface area contributed by atoms with Crippen LogP contribution in [0.3, 0.4) is 0 Å². The van der Waals surface area contributed by atoms with E-state index in [1.54, 1.807) is 26.2 Å². The molecule has 0 fully saturated rings. The van der Waals surface area contributed by atoms with Crippen molar-refractivity contribution < 1.29 is 19.0 Å². The number of nitrogens with zero attached hydrogens (tertiary/aromatic N) is 1. The molecule has 1 aromatic carbocycles. The van der Waals surface area contributed by atoms with Gasteiger partial charge in [0.15, 0.2) is 11.5 Å². The highest BCUT2D eigenvalue weighted by Crippen LogP contribution is 2.33. The van der Waals surface area contributed by atoms with Crippen molar-refractivity contribution >= 4 is 6.03 Å². The zero-order chi connectivity index (χ0) is 16.1. The van der Waals surface area contributed by atoms with Crippen LogP contribution in [-0.4, -0.2) is 51.5 Å². The number of ether oxygens (including phenoxy) is 3. The lowest BCUT2D eigenvalue weighted by atomic mass is 9.99. The average Bonchev–Trinajstić information content (AvgIpc) is 2.52. The van der Waals surface area contributed by atoms with Gasteiger partial charge in [0.2, 0.25) is 0 Å². The van der Waals surface area contributed by atoms with Crippen LogP contribution < -0.4 is 14.8 Å². The highest BCUT2D eigenvalue weighted by atomic mass is 16.5. The number of carbonyl (C=O) groups excluding carboxylic acids is 1. The van der Waals surface area contributed by atoms with Gasteiger partial charge in [-0.1, -0.05) is 0 Å². The van der Waals surface area contributed by atoms with E-state index in [9.17, 15) is 4.79 Å². The summed E-state index contributed by atoms with van der Waals surface area (Å²) in [5.74, 6) is 1.42. The van der Waals surface area contributed by atoms with Gasteiger partial charge in [0, 0.05) is 20.2 Å². The monoisotopic (exact) mass is 308 g/mol. The van der Waals surface area contributed by atoms with Gasteiger partial charge < -0.3 is 24.4 Å². The third kappa shape index (κ3) is 3.62. The maximum absolute atomic E-state index is 12.3. The van der Waals surface area contributed by atoms with Gasteiger partial charge in [-0.15, -0.1) is 0 Å². The van der Waals surface area contributed by atoms with Gasteiger partial charge in [0.05, 0.1) is 26.9 Å². The van der Waals surface area contributed by atoms with Crippen LogP contribution >= 0.6 is 0 Å². The lowest BCUT2D eigenvalue weighted by Crippen LogP contribution is -2.47. The third-order valence-corrected chi connectivity index (χ3v) is 3.79. The summed E-state index contributed by atoms with van der Waals surface area (Å²) >= 11 is 0. The molecule has 0 bridgehead atoms. The van der Waals surface area contributed by atoms with Crippen molar-refractivity contribution in [1.29, 1.82) is 0 Å². The molecule has 0 aromatic heterocycles. The largest absolute Gasteiger partial charge is 0.493 e. The number of methoxy groups -OCH3 is 3. The molecule has 0 aliphatic carbocycles. The van der Waals surface area contributed by atoms with Gasteiger partial charge in [-0.25, -0.2) is 4.79 Å². The van der Waals surface area contributed by atoms with E-state index in [0.717, 1.165) is 17.7 Å². The minimum Gasteiger partial charge on any atom is -0.493 e. The van der Waals surface area contributed by atoms with Gasteiger partial charge >= 0.3 is 6.03 Å². The van der Waals surface area contributed by atoms with Gasteiger partial charge in [-0.3, -0.25) is 0 Å². The van der Waals surface area contributed by atoms with Gasteiger partial charge in [0.1, 0.15) is 0 Å². The molecule has 0 spiro atoms. The van der Waals surface area contributed by atoms with E-state index in [-0.39, 0.29) is 12.1 Å². The zero-order valence-electron chi connectivity index (χ0n) is 13.6. The first-order valence-corrected chi connectivity index (χ1v) is 7.37. The summed E-state index contributed by atoms with van der Waals surface area (Å²) in [6.07, 6.45) is 0.807. The first-order chi connectivity index (χ1) is 10.6. The molecule has 22 heavy (non-hydrogen) atoms. The predicted molar refractivity (Wildman–Crippen MR) is 83.5 cm³/mol. The Morgan fingerprint density at radius 1 is 1.23 bits per heavy atom. The average molecular weight is 308 g/mol. The van der Waals surface area contributed by atoms with Crippen LogP contribution in [0.2, 0.25) is 0 Å². The second-order valence-corrected chi connectivity index (χ2v) is 5.45. The van der Waals surface area contributed by atoms with Crippen molar-refractivity contribution in [2.45, 2.75) is 25.9 Å². The number of nitrogens with one attached hydrogen (secondary N) is 1. The number of benzene rings is 1. The number of hydrogen-bond donors (Lipinski definition) is 1. The molecule has 1 aliphatic heterocycles.